The number of alkyl halides is 1. The van der Waals surface area contributed by atoms with Crippen LogP contribution in [0.4, 0.5) is 0 Å². The van der Waals surface area contributed by atoms with E-state index >= 15 is 0 Å². The zero-order valence-corrected chi connectivity index (χ0v) is 9.93. The Labute approximate surface area is 75.3 Å². The van der Waals surface area contributed by atoms with E-state index in [4.69, 9.17) is 22.4 Å². The van der Waals surface area contributed by atoms with Crippen LogP contribution in [0.5, 0.6) is 0 Å². The van der Waals surface area contributed by atoms with Gasteiger partial charge in [-0.15, -0.1) is 11.6 Å². The van der Waals surface area contributed by atoms with Crippen LogP contribution < -0.4 is 5.73 Å². The number of rotatable bonds is 2. The van der Waals surface area contributed by atoms with E-state index in [0.717, 1.165) is 15.7 Å². The fourth-order valence-electron chi connectivity index (χ4n) is 0.285. The molecule has 0 saturated heterocycles. The van der Waals surface area contributed by atoms with E-state index in [2.05, 4.69) is 0 Å². The number of hydrogen-bond acceptors (Lipinski definition) is 2. The van der Waals surface area contributed by atoms with Crippen LogP contribution >= 0.6 is 11.6 Å². The Balaban J connectivity index is 0. The maximum absolute atomic E-state index is 10.0. The van der Waals surface area contributed by atoms with Gasteiger partial charge in [0.1, 0.15) is 6.04 Å². The summed E-state index contributed by atoms with van der Waals surface area (Å²) in [5.41, 5.74) is 6.02. The van der Waals surface area contributed by atoms with Crippen LogP contribution in [0.2, 0.25) is 0 Å². The van der Waals surface area contributed by atoms with Crippen molar-refractivity contribution in [1.82, 2.24) is 0 Å². The summed E-state index contributed by atoms with van der Waals surface area (Å²) in [5.74, 6) is -0.910. The highest BCUT2D eigenvalue weighted by Gasteiger charge is 2.14. The smallest absolute Gasteiger partial charge is 0.320 e. The minimum atomic E-state index is -0.931. The Morgan fingerprint density at radius 3 is 2.00 bits per heavy atom. The highest BCUT2D eigenvalue weighted by Crippen LogP contribution is 1.96. The van der Waals surface area contributed by atoms with Crippen molar-refractivity contribution < 1.29 is 9.90 Å². The lowest BCUT2D eigenvalue weighted by atomic mass is 10.1. The molecule has 0 bridgehead atoms. The minimum Gasteiger partial charge on any atom is -0.480 e. The molecule has 0 unspecified atom stereocenters. The van der Waals surface area contributed by atoms with Crippen molar-refractivity contribution in [2.24, 2.45) is 11.7 Å². The summed E-state index contributed by atoms with van der Waals surface area (Å²) in [4.78, 5) is 10.0. The number of halogens is 1. The number of carboxylic acids is 1. The van der Waals surface area contributed by atoms with E-state index in [1.165, 1.54) is 0 Å². The minimum absolute atomic E-state index is 0.0208. The lowest BCUT2D eigenvalue weighted by Gasteiger charge is -2.07. The molecule has 0 aliphatic heterocycles. The second-order valence-corrected chi connectivity index (χ2v) is 4.51. The van der Waals surface area contributed by atoms with Crippen LogP contribution in [0.15, 0.2) is 0 Å². The van der Waals surface area contributed by atoms with Crippen molar-refractivity contribution in [3.05, 3.63) is 0 Å². The van der Waals surface area contributed by atoms with Gasteiger partial charge >= 0.3 is 5.97 Å². The zero-order chi connectivity index (χ0) is 9.44. The van der Waals surface area contributed by atoms with E-state index in [1.54, 1.807) is 13.8 Å². The Bertz CT molecular complexity index is 111. The first kappa shape index (κ1) is 13.5. The van der Waals surface area contributed by atoms with Gasteiger partial charge < -0.3 is 10.8 Å². The number of nitrogens with two attached hydrogens (primary N) is 1. The lowest BCUT2D eigenvalue weighted by Crippen LogP contribution is -2.34. The summed E-state index contributed by atoms with van der Waals surface area (Å²) < 4.78 is 0. The molecular weight excluding hydrogens is 182 g/mol. The molecule has 5 heteroatoms. The molecule has 11 heavy (non-hydrogen) atoms. The lowest BCUT2D eigenvalue weighted by molar-refractivity contribution is -0.139. The average molecular weight is 198 g/mol. The first-order valence-corrected chi connectivity index (χ1v) is 5.46. The molecule has 68 valence electrons. The van der Waals surface area contributed by atoms with Crippen molar-refractivity contribution >= 4 is 27.8 Å². The summed E-state index contributed by atoms with van der Waals surface area (Å²) in [6.45, 7) is 3.55. The maximum Gasteiger partial charge on any atom is 0.320 e. The van der Waals surface area contributed by atoms with Gasteiger partial charge in [-0.25, -0.2) is 0 Å². The van der Waals surface area contributed by atoms with Gasteiger partial charge in [-0.2, -0.15) is 0 Å². The van der Waals surface area contributed by atoms with Gasteiger partial charge in [-0.1, -0.05) is 13.8 Å². The molecule has 0 aromatic rings. The monoisotopic (exact) mass is 197 g/mol. The molecule has 0 heterocycles. The largest absolute Gasteiger partial charge is 0.480 e. The fraction of sp³-hybridized carbons (Fsp3) is 0.833. The molecule has 3 N–H and O–H groups in total. The Hall–Kier alpha value is -0.0631. The van der Waals surface area contributed by atoms with Crippen molar-refractivity contribution in [2.45, 2.75) is 19.9 Å². The van der Waals surface area contributed by atoms with E-state index in [-0.39, 0.29) is 5.92 Å². The summed E-state index contributed by atoms with van der Waals surface area (Å²) in [5, 5.41) is 8.23. The standard InChI is InChI=1S/C5H11NO2.CH5ClSi/c1-3(2)4(6)5(7)8;2-1-3/h3-4H,6H2,1-2H3,(H,7,8);1H2,3H3/t4-;/m0./s1. The normalized spacial score (nSPS) is 12.1. The highest BCUT2D eigenvalue weighted by molar-refractivity contribution is 6.36. The second-order valence-electron chi connectivity index (χ2n) is 2.38. The first-order valence-electron chi connectivity index (χ1n) is 3.51. The molecule has 0 fully saturated rings. The van der Waals surface area contributed by atoms with Crippen molar-refractivity contribution in [3.63, 3.8) is 0 Å². The number of hydrogen-bond donors (Lipinski definition) is 2. The molecule has 0 radical (unpaired) electrons. The molecular formula is C6H16ClNO2Si. The molecule has 0 saturated carbocycles. The Morgan fingerprint density at radius 2 is 2.00 bits per heavy atom. The number of carbonyl (C=O) groups is 1. The molecule has 0 aromatic heterocycles. The number of carboxylic acid groups (broad SMARTS) is 1. The third-order valence-electron chi connectivity index (χ3n) is 1.00. The van der Waals surface area contributed by atoms with Gasteiger partial charge in [-0.3, -0.25) is 4.79 Å². The highest BCUT2D eigenvalue weighted by atomic mass is 35.5. The van der Waals surface area contributed by atoms with Gasteiger partial charge in [0.25, 0.3) is 0 Å². The van der Waals surface area contributed by atoms with Gasteiger partial charge in [0.05, 0.1) is 0 Å². The number of aliphatic carboxylic acids is 1. The summed E-state index contributed by atoms with van der Waals surface area (Å²) in [6, 6.07) is -0.713. The maximum atomic E-state index is 10.0. The van der Waals surface area contributed by atoms with Crippen LogP contribution in [0.1, 0.15) is 13.8 Å². The van der Waals surface area contributed by atoms with Crippen molar-refractivity contribution in [3.8, 4) is 0 Å². The third kappa shape index (κ3) is 9.94. The second kappa shape index (κ2) is 8.04. The van der Waals surface area contributed by atoms with Gasteiger partial charge in [0.15, 0.2) is 0 Å². The molecule has 3 nitrogen and oxygen atoms in total. The van der Waals surface area contributed by atoms with Crippen LogP contribution in [-0.4, -0.2) is 32.9 Å². The quantitative estimate of drug-likeness (QED) is 0.468. The topological polar surface area (TPSA) is 63.3 Å². The van der Waals surface area contributed by atoms with Crippen molar-refractivity contribution in [2.75, 3.05) is 5.50 Å². The molecule has 0 aromatic carbocycles. The predicted molar refractivity (Wildman–Crippen MR) is 51.1 cm³/mol. The van der Waals surface area contributed by atoms with Gasteiger partial charge in [0.2, 0.25) is 0 Å². The molecule has 1 atom stereocenters. The Kier molecular flexibility index (Phi) is 9.88. The van der Waals surface area contributed by atoms with E-state index in [9.17, 15) is 4.79 Å². The third-order valence-corrected chi connectivity index (χ3v) is 1.00. The predicted octanol–water partition coefficient (Wildman–Crippen LogP) is -0.398. The van der Waals surface area contributed by atoms with Gasteiger partial charge in [0, 0.05) is 15.7 Å². The van der Waals surface area contributed by atoms with Crippen LogP contribution in [0, 0.1) is 5.92 Å². The van der Waals surface area contributed by atoms with Crippen molar-refractivity contribution in [1.29, 1.82) is 0 Å². The molecule has 0 aliphatic carbocycles. The van der Waals surface area contributed by atoms with E-state index in [1.807, 2.05) is 0 Å². The SMILES string of the molecule is CC(C)[C@H](N)C(=O)O.[SiH3]CCl. The van der Waals surface area contributed by atoms with E-state index < -0.39 is 12.0 Å². The average Bonchev–Trinajstić information content (AvgIpc) is 1.87. The zero-order valence-electron chi connectivity index (χ0n) is 7.17. The van der Waals surface area contributed by atoms with Crippen LogP contribution in [0.3, 0.4) is 0 Å². The fourth-order valence-corrected chi connectivity index (χ4v) is 0.285. The molecule has 0 spiro atoms. The van der Waals surface area contributed by atoms with E-state index in [0.29, 0.717) is 0 Å². The summed E-state index contributed by atoms with van der Waals surface area (Å²) in [7, 11) is 1.13. The summed E-state index contributed by atoms with van der Waals surface area (Å²) >= 11 is 5.06. The van der Waals surface area contributed by atoms with Crippen LogP contribution in [-0.2, 0) is 4.79 Å². The molecule has 0 rings (SSSR count). The summed E-state index contributed by atoms with van der Waals surface area (Å²) in [6.07, 6.45) is 0. The van der Waals surface area contributed by atoms with Crippen LogP contribution in [0.25, 0.3) is 0 Å². The Morgan fingerprint density at radius 1 is 1.73 bits per heavy atom. The molecule has 0 aliphatic rings. The molecule has 0 amide bonds. The first-order chi connectivity index (χ1) is 4.97. The van der Waals surface area contributed by atoms with Gasteiger partial charge in [-0.05, 0) is 5.92 Å².